The van der Waals surface area contributed by atoms with E-state index < -0.39 is 0 Å². The van der Waals surface area contributed by atoms with Crippen molar-refractivity contribution < 1.29 is 14.6 Å². The highest BCUT2D eigenvalue weighted by molar-refractivity contribution is 5.78. The van der Waals surface area contributed by atoms with Gasteiger partial charge in [-0.1, -0.05) is 48.0 Å². The molecule has 3 nitrogen and oxygen atoms in total. The third-order valence-corrected chi connectivity index (χ3v) is 6.09. The fourth-order valence-electron chi connectivity index (χ4n) is 4.47. The number of aryl methyl sites for hydroxylation is 2. The number of aliphatic hydroxyl groups excluding tert-OH is 1. The normalized spacial score (nSPS) is 12.5. The molecule has 0 saturated heterocycles. The first-order valence-corrected chi connectivity index (χ1v) is 10.8. The number of hydrogen-bond donors (Lipinski definition) is 1. The minimum Gasteiger partial charge on any atom is -0.497 e. The predicted molar refractivity (Wildman–Crippen MR) is 126 cm³/mol. The van der Waals surface area contributed by atoms with Crippen LogP contribution in [0.4, 0.5) is 0 Å². The second-order valence-electron chi connectivity index (χ2n) is 8.22. The van der Waals surface area contributed by atoms with Gasteiger partial charge in [0.15, 0.2) is 0 Å². The lowest BCUT2D eigenvalue weighted by molar-refractivity contribution is 0.281. The lowest BCUT2D eigenvalue weighted by atomic mass is 9.90. The average molecular weight is 415 g/mol. The lowest BCUT2D eigenvalue weighted by Gasteiger charge is -2.17. The van der Waals surface area contributed by atoms with Crippen LogP contribution in [-0.2, 0) is 32.3 Å². The van der Waals surface area contributed by atoms with Crippen LogP contribution >= 0.6 is 0 Å². The highest BCUT2D eigenvalue weighted by atomic mass is 16.5. The van der Waals surface area contributed by atoms with Crippen molar-refractivity contribution in [2.45, 2.75) is 39.2 Å². The van der Waals surface area contributed by atoms with Crippen LogP contribution in [-0.4, -0.2) is 19.3 Å². The third kappa shape index (κ3) is 4.67. The van der Waals surface area contributed by atoms with Crippen molar-refractivity contribution in [3.63, 3.8) is 0 Å². The van der Waals surface area contributed by atoms with Crippen LogP contribution in [0.2, 0.25) is 0 Å². The molecule has 3 aromatic carbocycles. The van der Waals surface area contributed by atoms with Crippen LogP contribution in [0.5, 0.6) is 11.5 Å². The smallest absolute Gasteiger partial charge is 0.122 e. The summed E-state index contributed by atoms with van der Waals surface area (Å²) >= 11 is 0. The predicted octanol–water partition coefficient (Wildman–Crippen LogP) is 5.47. The van der Waals surface area contributed by atoms with E-state index in [0.29, 0.717) is 0 Å². The van der Waals surface area contributed by atoms with Gasteiger partial charge in [0.05, 0.1) is 20.8 Å². The Morgan fingerprint density at radius 2 is 1.61 bits per heavy atom. The molecule has 0 spiro atoms. The molecule has 31 heavy (non-hydrogen) atoms. The summed E-state index contributed by atoms with van der Waals surface area (Å²) in [6.45, 7) is 2.13. The summed E-state index contributed by atoms with van der Waals surface area (Å²) in [5.41, 5.74) is 9.95. The molecule has 0 aromatic heterocycles. The number of aliphatic hydroxyl groups is 1. The zero-order valence-electron chi connectivity index (χ0n) is 18.6. The Labute approximate surface area is 185 Å². The molecule has 1 aliphatic carbocycles. The largest absolute Gasteiger partial charge is 0.497 e. The Bertz CT molecular complexity index is 1070. The summed E-state index contributed by atoms with van der Waals surface area (Å²) in [6, 6.07) is 19.1. The van der Waals surface area contributed by atoms with E-state index in [1.54, 1.807) is 14.2 Å². The first-order valence-electron chi connectivity index (χ1n) is 10.8. The SMILES string of the molecule is COc1cc(CO)cc(CC2=CCc3ccc(OC)c(CCc4ccc(C)cc4)c32)c1. The standard InChI is InChI=1S/C28H30O3/c1-19-4-6-20(7-5-19)8-12-26-27(31-3)13-11-23-9-10-24(28(23)26)15-21-14-22(18-29)17-25(16-21)30-2/h4-7,10-11,13-14,16-17,29H,8-9,12,15,18H2,1-3H3. The molecule has 3 heteroatoms. The summed E-state index contributed by atoms with van der Waals surface area (Å²) in [7, 11) is 3.42. The molecule has 0 saturated carbocycles. The second-order valence-corrected chi connectivity index (χ2v) is 8.22. The Kier molecular flexibility index (Phi) is 6.43. The number of allylic oxidation sites excluding steroid dienone is 2. The van der Waals surface area contributed by atoms with Crippen LogP contribution in [0.25, 0.3) is 5.57 Å². The van der Waals surface area contributed by atoms with Gasteiger partial charge in [0, 0.05) is 5.56 Å². The molecule has 0 heterocycles. The summed E-state index contributed by atoms with van der Waals surface area (Å²) in [4.78, 5) is 0. The zero-order valence-corrected chi connectivity index (χ0v) is 18.6. The minimum absolute atomic E-state index is 0.00938. The zero-order chi connectivity index (χ0) is 21.8. The van der Waals surface area contributed by atoms with Gasteiger partial charge in [0.1, 0.15) is 11.5 Å². The molecular weight excluding hydrogens is 384 g/mol. The van der Waals surface area contributed by atoms with E-state index in [1.165, 1.54) is 33.4 Å². The molecule has 0 amide bonds. The molecule has 4 rings (SSSR count). The third-order valence-electron chi connectivity index (χ3n) is 6.09. The molecule has 0 unspecified atom stereocenters. The molecule has 160 valence electrons. The van der Waals surface area contributed by atoms with E-state index in [9.17, 15) is 5.11 Å². The lowest BCUT2D eigenvalue weighted by Crippen LogP contribution is -2.03. The Balaban J connectivity index is 1.64. The monoisotopic (exact) mass is 414 g/mol. The molecule has 0 atom stereocenters. The van der Waals surface area contributed by atoms with Gasteiger partial charge in [-0.25, -0.2) is 0 Å². The number of rotatable bonds is 8. The van der Waals surface area contributed by atoms with Gasteiger partial charge in [0.25, 0.3) is 0 Å². The first kappa shape index (κ1) is 21.2. The van der Waals surface area contributed by atoms with Gasteiger partial charge >= 0.3 is 0 Å². The topological polar surface area (TPSA) is 38.7 Å². The first-order chi connectivity index (χ1) is 15.1. The van der Waals surface area contributed by atoms with Gasteiger partial charge in [0.2, 0.25) is 0 Å². The van der Waals surface area contributed by atoms with Crippen molar-refractivity contribution in [1.29, 1.82) is 0 Å². The van der Waals surface area contributed by atoms with Crippen molar-refractivity contribution in [3.8, 4) is 11.5 Å². The summed E-state index contributed by atoms with van der Waals surface area (Å²) in [5.74, 6) is 1.74. The van der Waals surface area contributed by atoms with E-state index in [-0.39, 0.29) is 6.61 Å². The number of benzene rings is 3. The molecule has 3 aromatic rings. The molecule has 1 aliphatic rings. The number of ether oxygens (including phenoxy) is 2. The number of methoxy groups -OCH3 is 2. The van der Waals surface area contributed by atoms with Gasteiger partial charge in [-0.15, -0.1) is 0 Å². The number of fused-ring (bicyclic) bond motifs is 1. The van der Waals surface area contributed by atoms with Crippen LogP contribution in [0.1, 0.15) is 38.9 Å². The van der Waals surface area contributed by atoms with Crippen LogP contribution in [0, 0.1) is 6.92 Å². The van der Waals surface area contributed by atoms with Crippen LogP contribution < -0.4 is 9.47 Å². The highest BCUT2D eigenvalue weighted by Crippen LogP contribution is 2.38. The van der Waals surface area contributed by atoms with Crippen molar-refractivity contribution in [1.82, 2.24) is 0 Å². The van der Waals surface area contributed by atoms with E-state index >= 15 is 0 Å². The molecule has 0 radical (unpaired) electrons. The van der Waals surface area contributed by atoms with Crippen molar-refractivity contribution >= 4 is 5.57 Å². The van der Waals surface area contributed by atoms with Crippen molar-refractivity contribution in [2.24, 2.45) is 0 Å². The molecule has 0 bridgehead atoms. The minimum atomic E-state index is 0.00938. The van der Waals surface area contributed by atoms with Gasteiger partial charge in [-0.2, -0.15) is 0 Å². The fraction of sp³-hybridized carbons (Fsp3) is 0.286. The van der Waals surface area contributed by atoms with E-state index in [0.717, 1.165) is 48.3 Å². The Morgan fingerprint density at radius 3 is 2.32 bits per heavy atom. The summed E-state index contributed by atoms with van der Waals surface area (Å²) in [5, 5.41) is 9.62. The van der Waals surface area contributed by atoms with Gasteiger partial charge < -0.3 is 14.6 Å². The number of hydrogen-bond acceptors (Lipinski definition) is 3. The fourth-order valence-corrected chi connectivity index (χ4v) is 4.47. The molecule has 0 fully saturated rings. The maximum atomic E-state index is 9.62. The molecule has 1 N–H and O–H groups in total. The quantitative estimate of drug-likeness (QED) is 0.531. The van der Waals surface area contributed by atoms with Crippen LogP contribution in [0.15, 0.2) is 60.7 Å². The van der Waals surface area contributed by atoms with Crippen LogP contribution in [0.3, 0.4) is 0 Å². The maximum absolute atomic E-state index is 9.62. The van der Waals surface area contributed by atoms with E-state index in [1.807, 2.05) is 6.07 Å². The maximum Gasteiger partial charge on any atom is 0.122 e. The van der Waals surface area contributed by atoms with Crippen molar-refractivity contribution in [3.05, 3.63) is 99.6 Å². The van der Waals surface area contributed by atoms with Gasteiger partial charge in [-0.3, -0.25) is 0 Å². The van der Waals surface area contributed by atoms with Gasteiger partial charge in [-0.05, 0) is 84.2 Å². The van der Waals surface area contributed by atoms with E-state index in [4.69, 9.17) is 9.47 Å². The molecule has 0 aliphatic heterocycles. The molecular formula is C28H30O3. The summed E-state index contributed by atoms with van der Waals surface area (Å²) < 4.78 is 11.2. The van der Waals surface area contributed by atoms with Crippen molar-refractivity contribution in [2.75, 3.05) is 14.2 Å². The Hall–Kier alpha value is -3.04. The average Bonchev–Trinajstić information content (AvgIpc) is 3.21. The highest BCUT2D eigenvalue weighted by Gasteiger charge is 2.21. The second kappa shape index (κ2) is 9.40. The Morgan fingerprint density at radius 1 is 0.839 bits per heavy atom. The summed E-state index contributed by atoms with van der Waals surface area (Å²) in [6.07, 6.45) is 6.00. The van der Waals surface area contributed by atoms with E-state index in [2.05, 4.69) is 61.5 Å².